The van der Waals surface area contributed by atoms with E-state index in [1.54, 1.807) is 58.0 Å². The van der Waals surface area contributed by atoms with E-state index >= 15 is 9.59 Å². The lowest BCUT2D eigenvalue weighted by atomic mass is 9.93. The molecule has 2 aromatic rings. The summed E-state index contributed by atoms with van der Waals surface area (Å²) in [7, 11) is 1.35. The van der Waals surface area contributed by atoms with Gasteiger partial charge in [-0.25, -0.2) is 4.79 Å². The number of rotatable bonds is 22. The minimum Gasteiger partial charge on any atom is -0.508 e. The molecule has 0 aromatic heterocycles. The van der Waals surface area contributed by atoms with Crippen molar-refractivity contribution in [1.82, 2.24) is 62.1 Å². The Morgan fingerprint density at radius 1 is 0.664 bits per heavy atom. The highest BCUT2D eigenvalue weighted by molar-refractivity contribution is 6.03. The smallest absolute Gasteiger partial charge is 0.329 e. The molecule has 4 aliphatic rings. The van der Waals surface area contributed by atoms with Crippen molar-refractivity contribution in [2.75, 3.05) is 39.8 Å². The highest BCUT2D eigenvalue weighted by atomic mass is 16.6. The molecule has 0 aliphatic carbocycles. The summed E-state index contributed by atoms with van der Waals surface area (Å²) in [4.78, 5) is 203. The van der Waals surface area contributed by atoms with Crippen molar-refractivity contribution in [3.63, 3.8) is 0 Å². The minimum absolute atomic E-state index is 0.0187. The molecule has 107 heavy (non-hydrogen) atoms. The number of aliphatic hydroxyl groups excluding tert-OH is 5. The van der Waals surface area contributed by atoms with Gasteiger partial charge >= 0.3 is 5.97 Å². The third kappa shape index (κ3) is 24.4. The average Bonchev–Trinajstić information content (AvgIpc) is 1.69. The fraction of sp³-hybridized carbons (Fsp3) is 0.616. The number of fused-ring (bicyclic) bond motifs is 3. The van der Waals surface area contributed by atoms with Gasteiger partial charge in [0.2, 0.25) is 65.0 Å². The average molecular weight is 1500 g/mol. The summed E-state index contributed by atoms with van der Waals surface area (Å²) >= 11 is 0. The van der Waals surface area contributed by atoms with E-state index in [2.05, 4.69) is 42.5 Å². The van der Waals surface area contributed by atoms with Gasteiger partial charge in [0.1, 0.15) is 71.9 Å². The van der Waals surface area contributed by atoms with Crippen LogP contribution in [0.15, 0.2) is 66.4 Å². The first-order chi connectivity index (χ1) is 50.7. The lowest BCUT2D eigenvalue weighted by Gasteiger charge is -2.33. The maximum Gasteiger partial charge on any atom is 0.329 e. The lowest BCUT2D eigenvalue weighted by molar-refractivity contribution is -0.166. The number of aryl methyl sites for hydroxylation is 1. The van der Waals surface area contributed by atoms with Crippen molar-refractivity contribution in [2.45, 2.75) is 236 Å². The Hall–Kier alpha value is -9.64. The number of benzene rings is 2. The van der Waals surface area contributed by atoms with E-state index in [1.807, 2.05) is 0 Å². The number of primary amides is 1. The Bertz CT molecular complexity index is 3510. The zero-order chi connectivity index (χ0) is 79.1. The normalized spacial score (nSPS) is 26.1. The van der Waals surface area contributed by atoms with Gasteiger partial charge in [0.05, 0.1) is 37.5 Å². The molecule has 0 spiro atoms. The Morgan fingerprint density at radius 3 is 1.82 bits per heavy atom. The third-order valence-corrected chi connectivity index (χ3v) is 19.9. The standard InChI is InChI=1S/C73H107N13O21/c1-9-40(5)60-68(101)80-51(38-87)65(98)76-47(10-2)64(97)82-61(41(6)88)69(102)78-49(27-24-43-17-12-11-13-18-43)71(104)85-31-14-19-52(85)66(99)79-50(35-46(91)36-57(56(92)33-39(3)4)107-73(106)55(83(8)42(7)89)34-44-22-25-45(90)26-23-44)62(95)70(103)77-48(28-29-58(74)93)63(96)75-37-59(94)84-30-16-21-54(84)72(105)86-32-15-20-53(86)67(100)81-60/h10-13,17-18,22-23,25-26,39-41,46,48-57,60-62,87-88,90-92,95H,9,14-16,19-21,24,27-38H2,1-8H3,(H2,74,93)(H,75,96)(H,76,98)(H,77,103)(H,78,102)(H,79,99)(H,80,101)(H,81,100)(H,82,97)/b47-10+/t40-,41+,46+,48+,49+,50-,51-,52-,53-,54-,55-,56-,57-,60+,61+,62+/m0/s1. The van der Waals surface area contributed by atoms with Crippen LogP contribution in [-0.4, -0.2) is 264 Å². The number of nitrogens with zero attached hydrogens (tertiary/aromatic N) is 4. The summed E-state index contributed by atoms with van der Waals surface area (Å²) in [5.74, 6) is -14.4. The zero-order valence-corrected chi connectivity index (χ0v) is 61.9. The first kappa shape index (κ1) is 86.3. The number of nitrogens with two attached hydrogens (primary N) is 1. The molecule has 0 radical (unpaired) electrons. The van der Waals surface area contributed by atoms with Crippen LogP contribution in [0, 0.1) is 11.8 Å². The fourth-order valence-corrected chi connectivity index (χ4v) is 13.5. The first-order valence-corrected chi connectivity index (χ1v) is 36.5. The summed E-state index contributed by atoms with van der Waals surface area (Å²) in [6, 6.07) is -0.827. The molecule has 4 saturated heterocycles. The van der Waals surface area contributed by atoms with Crippen molar-refractivity contribution >= 4 is 82.8 Å². The van der Waals surface area contributed by atoms with Gasteiger partial charge in [-0.1, -0.05) is 82.7 Å². The number of phenols is 1. The fourth-order valence-electron chi connectivity index (χ4n) is 13.5. The Kier molecular flexibility index (Phi) is 33.0. The van der Waals surface area contributed by atoms with Gasteiger partial charge in [0.25, 0.3) is 11.8 Å². The molecule has 0 saturated carbocycles. The molecule has 4 heterocycles. The second-order valence-electron chi connectivity index (χ2n) is 28.4. The maximum atomic E-state index is 15.2. The van der Waals surface area contributed by atoms with Gasteiger partial charge in [-0.05, 0) is 120 Å². The van der Waals surface area contributed by atoms with Gasteiger partial charge < -0.3 is 103 Å². The molecule has 34 nitrogen and oxygen atoms in total. The number of carbonyl (C=O) groups is 14. The number of ether oxygens (including phenoxy) is 1. The molecular weight excluding hydrogens is 1390 g/mol. The van der Waals surface area contributed by atoms with E-state index < -0.39 is 224 Å². The van der Waals surface area contributed by atoms with E-state index in [0.717, 1.165) is 22.8 Å². The molecule has 13 amide bonds. The SMILES string of the molecule is C/C=C1/NC(=O)[C@H](CO)NC(=O)[C@@H]([C@@H](C)CC)NC(=O)[C@@H]2CCCN2C(=O)[C@@H]2CCCN2C(=O)CNC(=O)[C@@H](CCC(N)=O)NC(=O)[C@H](O)[C@H](C[C@@H](O)C[C@H](OC(=O)[C@H](Cc2ccc(O)cc2)N(C)C(C)=O)[C@@H](O)CC(C)C)NC(=O)[C@@H]2CCCN2C(=O)[C@@H](CCc2ccccc2)NC(=O)[C@@H]([C@@H](C)O)NC1=O. The van der Waals surface area contributed by atoms with E-state index in [4.69, 9.17) is 10.5 Å². The molecule has 590 valence electrons. The summed E-state index contributed by atoms with van der Waals surface area (Å²) in [6.45, 7) is 8.70. The van der Waals surface area contributed by atoms with Crippen molar-refractivity contribution in [2.24, 2.45) is 17.6 Å². The van der Waals surface area contributed by atoms with Crippen molar-refractivity contribution in [3.05, 3.63) is 77.5 Å². The van der Waals surface area contributed by atoms with Crippen molar-refractivity contribution < 1.29 is 102 Å². The minimum atomic E-state index is -2.46. The molecule has 0 bridgehead atoms. The summed E-state index contributed by atoms with van der Waals surface area (Å²) in [5.41, 5.74) is 6.19. The van der Waals surface area contributed by atoms with Gasteiger partial charge in [0, 0.05) is 52.9 Å². The second kappa shape index (κ2) is 40.9. The van der Waals surface area contributed by atoms with Crippen molar-refractivity contribution in [1.29, 1.82) is 0 Å². The molecule has 2 aromatic carbocycles. The summed E-state index contributed by atoms with van der Waals surface area (Å²) in [6.07, 6.45) is -9.41. The molecule has 16 atom stereocenters. The Morgan fingerprint density at radius 2 is 1.24 bits per heavy atom. The summed E-state index contributed by atoms with van der Waals surface area (Å²) < 4.78 is 5.96. The predicted molar refractivity (Wildman–Crippen MR) is 383 cm³/mol. The largest absolute Gasteiger partial charge is 0.508 e. The monoisotopic (exact) mass is 1500 g/mol. The van der Waals surface area contributed by atoms with Crippen LogP contribution in [0.2, 0.25) is 0 Å². The second-order valence-corrected chi connectivity index (χ2v) is 28.4. The highest BCUT2D eigenvalue weighted by Crippen LogP contribution is 2.28. The molecule has 4 aliphatic heterocycles. The Labute approximate surface area is 621 Å². The number of allylic oxidation sites excluding steroid dienone is 1. The van der Waals surface area contributed by atoms with Gasteiger partial charge in [-0.2, -0.15) is 0 Å². The van der Waals surface area contributed by atoms with E-state index in [9.17, 15) is 88.2 Å². The molecule has 4 fully saturated rings. The van der Waals surface area contributed by atoms with Crippen LogP contribution in [0.5, 0.6) is 5.75 Å². The number of hydrogen-bond donors (Lipinski definition) is 15. The number of amides is 13. The van der Waals surface area contributed by atoms with E-state index in [0.29, 0.717) is 30.4 Å². The number of esters is 1. The number of phenolic OH excluding ortho intramolecular Hbond substituents is 1. The van der Waals surface area contributed by atoms with Crippen LogP contribution in [0.4, 0.5) is 0 Å². The highest BCUT2D eigenvalue weighted by Gasteiger charge is 2.46. The zero-order valence-electron chi connectivity index (χ0n) is 61.9. The molecule has 16 N–H and O–H groups in total. The predicted octanol–water partition coefficient (Wildman–Crippen LogP) is -3.05. The third-order valence-electron chi connectivity index (χ3n) is 19.9. The van der Waals surface area contributed by atoms with Crippen LogP contribution < -0.4 is 48.3 Å². The number of aromatic hydroxyl groups is 1. The number of hydrogen-bond acceptors (Lipinski definition) is 21. The van der Waals surface area contributed by atoms with Gasteiger partial charge in [-0.15, -0.1) is 0 Å². The van der Waals surface area contributed by atoms with Crippen LogP contribution >= 0.6 is 0 Å². The number of aliphatic hydroxyl groups is 5. The van der Waals surface area contributed by atoms with Crippen LogP contribution in [0.3, 0.4) is 0 Å². The molecular formula is C73H107N13O21. The topological polar surface area (TPSA) is 505 Å². The van der Waals surface area contributed by atoms with E-state index in [1.165, 1.54) is 55.0 Å². The summed E-state index contributed by atoms with van der Waals surface area (Å²) in [5, 5.41) is 87.5. The molecule has 6 rings (SSSR count). The molecule has 34 heteroatoms. The van der Waals surface area contributed by atoms with E-state index in [-0.39, 0.29) is 82.7 Å². The van der Waals surface area contributed by atoms with Gasteiger partial charge in [-0.3, -0.25) is 62.3 Å². The number of carbonyl (C=O) groups excluding carboxylic acids is 14. The maximum absolute atomic E-state index is 15.2. The van der Waals surface area contributed by atoms with Crippen molar-refractivity contribution in [3.8, 4) is 5.75 Å². The van der Waals surface area contributed by atoms with Crippen LogP contribution in [0.1, 0.15) is 143 Å². The lowest BCUT2D eigenvalue weighted by Crippen LogP contribution is -2.61. The number of likely N-dealkylation sites (N-methyl/N-ethyl adjacent to an activating group) is 1. The Balaban J connectivity index is 1.40. The first-order valence-electron chi connectivity index (χ1n) is 36.5. The molecule has 0 unspecified atom stereocenters. The quantitative estimate of drug-likeness (QED) is 0.0411. The van der Waals surface area contributed by atoms with Gasteiger partial charge in [0.15, 0.2) is 6.10 Å². The van der Waals surface area contributed by atoms with Crippen LogP contribution in [0.25, 0.3) is 0 Å². The number of nitrogens with one attached hydrogen (secondary N) is 8. The van der Waals surface area contributed by atoms with Crippen LogP contribution in [-0.2, 0) is 84.7 Å².